The molecule has 0 radical (unpaired) electrons. The number of H-pyrrole nitrogens is 1. The molecule has 190 valence electrons. The van der Waals surface area contributed by atoms with Crippen molar-refractivity contribution in [1.29, 1.82) is 0 Å². The molecule has 0 saturated carbocycles. The first-order valence-corrected chi connectivity index (χ1v) is 12.7. The largest absolute Gasteiger partial charge is 0.467 e. The van der Waals surface area contributed by atoms with Crippen LogP contribution in [0.3, 0.4) is 0 Å². The normalized spacial score (nSPS) is 12.6. The van der Waals surface area contributed by atoms with Gasteiger partial charge in [0.2, 0.25) is 0 Å². The number of nitrogens with one attached hydrogen (secondary N) is 1. The van der Waals surface area contributed by atoms with Crippen molar-refractivity contribution in [2.75, 3.05) is 6.54 Å². The summed E-state index contributed by atoms with van der Waals surface area (Å²) < 4.78 is 7.35. The molecule has 1 atom stereocenters. The van der Waals surface area contributed by atoms with Crippen LogP contribution in [0.25, 0.3) is 10.9 Å². The molecule has 0 unspecified atom stereocenters. The Labute approximate surface area is 215 Å². The van der Waals surface area contributed by atoms with Crippen LogP contribution in [0.15, 0.2) is 82.2 Å². The lowest BCUT2D eigenvalue weighted by atomic mass is 9.99. The molecule has 3 heterocycles. The van der Waals surface area contributed by atoms with E-state index in [1.807, 2.05) is 49.4 Å². The lowest BCUT2D eigenvalue weighted by molar-refractivity contribution is 0.135. The van der Waals surface area contributed by atoms with Gasteiger partial charge in [0.25, 0.3) is 5.56 Å². The third-order valence-corrected chi connectivity index (χ3v) is 6.80. The van der Waals surface area contributed by atoms with Gasteiger partial charge in [-0.25, -0.2) is 4.68 Å². The second-order valence-electron chi connectivity index (χ2n) is 9.83. The topological polar surface area (TPSA) is 92.8 Å². The van der Waals surface area contributed by atoms with Crippen LogP contribution in [0.4, 0.5) is 0 Å². The van der Waals surface area contributed by atoms with E-state index in [4.69, 9.17) is 4.42 Å². The Kier molecular flexibility index (Phi) is 7.28. The lowest BCUT2D eigenvalue weighted by Gasteiger charge is -2.33. The fraction of sp³-hybridized carbons (Fsp3) is 0.310. The average Bonchev–Trinajstić information content (AvgIpc) is 3.57. The molecule has 2 aromatic carbocycles. The summed E-state index contributed by atoms with van der Waals surface area (Å²) in [6, 6.07) is 22.2. The zero-order valence-corrected chi connectivity index (χ0v) is 21.5. The van der Waals surface area contributed by atoms with Crippen molar-refractivity contribution in [3.8, 4) is 0 Å². The highest BCUT2D eigenvalue weighted by molar-refractivity contribution is 5.81. The number of aromatic amines is 1. The zero-order chi connectivity index (χ0) is 25.8. The summed E-state index contributed by atoms with van der Waals surface area (Å²) in [4.78, 5) is 18.6. The summed E-state index contributed by atoms with van der Waals surface area (Å²) in [6.07, 6.45) is 2.49. The summed E-state index contributed by atoms with van der Waals surface area (Å²) in [5.74, 6) is 1.74. The zero-order valence-electron chi connectivity index (χ0n) is 21.5. The number of rotatable bonds is 10. The van der Waals surface area contributed by atoms with Gasteiger partial charge in [0, 0.05) is 18.7 Å². The number of benzene rings is 2. The Hall–Kier alpha value is -4.04. The van der Waals surface area contributed by atoms with E-state index in [1.165, 1.54) is 5.56 Å². The second-order valence-corrected chi connectivity index (χ2v) is 9.83. The second kappa shape index (κ2) is 10.9. The van der Waals surface area contributed by atoms with Crippen molar-refractivity contribution >= 4 is 10.9 Å². The molecule has 3 aromatic heterocycles. The number of pyridine rings is 1. The van der Waals surface area contributed by atoms with E-state index >= 15 is 0 Å². The Balaban J connectivity index is 1.52. The standard InChI is InChI=1S/C29H32N6O2/c1-20(2)27(28-31-32-33-35(28)19-25-13-8-16-37-25)34(15-14-22-10-5-4-6-11-22)18-24-17-23-12-7-9-21(3)26(23)30-29(24)36/h4-13,16-17,20,27H,14-15,18-19H2,1-3H3,(H,30,36)/t27-/m1/s1. The van der Waals surface area contributed by atoms with E-state index in [2.05, 4.69) is 63.5 Å². The van der Waals surface area contributed by atoms with Crippen molar-refractivity contribution in [2.45, 2.75) is 46.3 Å². The van der Waals surface area contributed by atoms with Gasteiger partial charge in [-0.3, -0.25) is 9.69 Å². The Morgan fingerprint density at radius 1 is 1.05 bits per heavy atom. The third kappa shape index (κ3) is 5.54. The van der Waals surface area contributed by atoms with Gasteiger partial charge >= 0.3 is 0 Å². The average molecular weight is 497 g/mol. The van der Waals surface area contributed by atoms with Gasteiger partial charge in [-0.15, -0.1) is 5.10 Å². The highest BCUT2D eigenvalue weighted by Gasteiger charge is 2.30. The highest BCUT2D eigenvalue weighted by atomic mass is 16.3. The molecule has 1 N–H and O–H groups in total. The lowest BCUT2D eigenvalue weighted by Crippen LogP contribution is -2.37. The predicted molar refractivity (Wildman–Crippen MR) is 143 cm³/mol. The summed E-state index contributed by atoms with van der Waals surface area (Å²) in [5, 5.41) is 13.8. The number of hydrogen-bond donors (Lipinski definition) is 1. The van der Waals surface area contributed by atoms with E-state index in [-0.39, 0.29) is 17.5 Å². The minimum absolute atomic E-state index is 0.0656. The molecule has 0 aliphatic rings. The molecule has 0 bridgehead atoms. The Morgan fingerprint density at radius 3 is 2.65 bits per heavy atom. The van der Waals surface area contributed by atoms with Crippen LogP contribution in [0.5, 0.6) is 0 Å². The van der Waals surface area contributed by atoms with Gasteiger partial charge in [0.1, 0.15) is 12.3 Å². The van der Waals surface area contributed by atoms with E-state index < -0.39 is 0 Å². The molecule has 0 spiro atoms. The Bertz CT molecular complexity index is 1500. The number of aromatic nitrogens is 5. The van der Waals surface area contributed by atoms with Gasteiger partial charge in [0.15, 0.2) is 5.82 Å². The van der Waals surface area contributed by atoms with Crippen LogP contribution in [0.1, 0.15) is 48.2 Å². The van der Waals surface area contributed by atoms with Crippen LogP contribution in [0, 0.1) is 12.8 Å². The number of hydrogen-bond acceptors (Lipinski definition) is 6. The number of aryl methyl sites for hydroxylation is 1. The van der Waals surface area contributed by atoms with Crippen molar-refractivity contribution < 1.29 is 4.42 Å². The summed E-state index contributed by atoms with van der Waals surface area (Å²) in [6.45, 7) is 8.01. The quantitative estimate of drug-likeness (QED) is 0.295. The molecule has 0 amide bonds. The van der Waals surface area contributed by atoms with Crippen molar-refractivity contribution in [2.24, 2.45) is 5.92 Å². The molecule has 0 fully saturated rings. The molecule has 0 aliphatic carbocycles. The summed E-state index contributed by atoms with van der Waals surface area (Å²) in [7, 11) is 0. The predicted octanol–water partition coefficient (Wildman–Crippen LogP) is 4.91. The molecular weight excluding hydrogens is 464 g/mol. The van der Waals surface area contributed by atoms with Gasteiger partial charge in [-0.05, 0) is 64.4 Å². The molecule has 0 aliphatic heterocycles. The number of fused-ring (bicyclic) bond motifs is 1. The highest BCUT2D eigenvalue weighted by Crippen LogP contribution is 2.29. The van der Waals surface area contributed by atoms with Crippen LogP contribution in [-0.4, -0.2) is 36.6 Å². The summed E-state index contributed by atoms with van der Waals surface area (Å²) in [5.41, 5.74) is 3.84. The SMILES string of the molecule is Cc1cccc2cc(CN(CCc3ccccc3)[C@@H](c3nnnn3Cc3ccco3)C(C)C)c(=O)[nH]c12. The molecule has 8 heteroatoms. The van der Waals surface area contributed by atoms with Crippen LogP contribution in [0.2, 0.25) is 0 Å². The maximum Gasteiger partial charge on any atom is 0.252 e. The van der Waals surface area contributed by atoms with E-state index in [0.717, 1.165) is 46.6 Å². The first kappa shape index (κ1) is 24.6. The fourth-order valence-electron chi connectivity index (χ4n) is 4.97. The van der Waals surface area contributed by atoms with Crippen molar-refractivity contribution in [1.82, 2.24) is 30.1 Å². The minimum atomic E-state index is -0.110. The first-order chi connectivity index (χ1) is 18.0. The fourth-order valence-corrected chi connectivity index (χ4v) is 4.97. The van der Waals surface area contributed by atoms with Gasteiger partial charge in [0.05, 0.1) is 17.8 Å². The monoisotopic (exact) mass is 496 g/mol. The van der Waals surface area contributed by atoms with Gasteiger partial charge in [-0.2, -0.15) is 0 Å². The van der Waals surface area contributed by atoms with E-state index in [1.54, 1.807) is 10.9 Å². The number of nitrogens with zero attached hydrogens (tertiary/aromatic N) is 5. The number of furan rings is 1. The number of tetrazole rings is 1. The van der Waals surface area contributed by atoms with Gasteiger partial charge < -0.3 is 9.40 Å². The molecule has 0 saturated heterocycles. The molecular formula is C29H32N6O2. The molecule has 5 aromatic rings. The maximum atomic E-state index is 13.2. The van der Waals surface area contributed by atoms with Crippen molar-refractivity contribution in [3.63, 3.8) is 0 Å². The van der Waals surface area contributed by atoms with Crippen molar-refractivity contribution in [3.05, 3.63) is 112 Å². The van der Waals surface area contributed by atoms with Crippen LogP contribution >= 0.6 is 0 Å². The molecule has 5 rings (SSSR count). The van der Waals surface area contributed by atoms with Crippen LogP contribution in [-0.2, 0) is 19.5 Å². The molecule has 8 nitrogen and oxygen atoms in total. The third-order valence-electron chi connectivity index (χ3n) is 6.80. The summed E-state index contributed by atoms with van der Waals surface area (Å²) >= 11 is 0. The minimum Gasteiger partial charge on any atom is -0.467 e. The number of para-hydroxylation sites is 1. The first-order valence-electron chi connectivity index (χ1n) is 12.7. The van der Waals surface area contributed by atoms with E-state index in [9.17, 15) is 4.79 Å². The van der Waals surface area contributed by atoms with Crippen LogP contribution < -0.4 is 5.56 Å². The maximum absolute atomic E-state index is 13.2. The van der Waals surface area contributed by atoms with E-state index in [0.29, 0.717) is 13.1 Å². The molecule has 37 heavy (non-hydrogen) atoms. The van der Waals surface area contributed by atoms with Gasteiger partial charge in [-0.1, -0.05) is 62.4 Å². The smallest absolute Gasteiger partial charge is 0.252 e. The Morgan fingerprint density at radius 2 is 1.89 bits per heavy atom.